The molecule has 1 atom stereocenters. The lowest BCUT2D eigenvalue weighted by Gasteiger charge is -2.30. The first-order valence-electron chi connectivity index (χ1n) is 6.62. The number of amides is 1. The van der Waals surface area contributed by atoms with Gasteiger partial charge in [-0.1, -0.05) is 36.8 Å². The van der Waals surface area contributed by atoms with E-state index >= 15 is 0 Å². The van der Waals surface area contributed by atoms with Crippen molar-refractivity contribution >= 4 is 11.9 Å². The second-order valence-corrected chi connectivity index (χ2v) is 5.35. The van der Waals surface area contributed by atoms with Crippen LogP contribution in [0, 0.1) is 5.92 Å². The van der Waals surface area contributed by atoms with Crippen molar-refractivity contribution in [2.45, 2.75) is 38.1 Å². The van der Waals surface area contributed by atoms with Crippen molar-refractivity contribution in [2.24, 2.45) is 5.92 Å². The summed E-state index contributed by atoms with van der Waals surface area (Å²) >= 11 is 0. The van der Waals surface area contributed by atoms with E-state index in [4.69, 9.17) is 0 Å². The number of carbonyl (C=O) groups excluding carboxylic acids is 1. The molecule has 0 bridgehead atoms. The molecular formula is C15H19NO3. The molecule has 102 valence electrons. The van der Waals surface area contributed by atoms with Gasteiger partial charge in [-0.3, -0.25) is 4.79 Å². The summed E-state index contributed by atoms with van der Waals surface area (Å²) in [6.07, 6.45) is 3.74. The molecule has 1 aliphatic rings. The zero-order valence-electron chi connectivity index (χ0n) is 11.1. The monoisotopic (exact) mass is 261 g/mol. The smallest absolute Gasteiger partial charge is 0.333 e. The Balaban J connectivity index is 2.11. The van der Waals surface area contributed by atoms with Gasteiger partial charge in [-0.05, 0) is 31.2 Å². The Bertz CT molecular complexity index is 468. The Morgan fingerprint density at radius 1 is 1.32 bits per heavy atom. The first-order chi connectivity index (χ1) is 9.02. The summed E-state index contributed by atoms with van der Waals surface area (Å²) < 4.78 is 0. The largest absolute Gasteiger partial charge is 0.479 e. The molecule has 0 spiro atoms. The van der Waals surface area contributed by atoms with E-state index in [1.54, 1.807) is 24.3 Å². The first-order valence-corrected chi connectivity index (χ1v) is 6.62. The molecule has 1 saturated carbocycles. The molecule has 1 aromatic carbocycles. The number of aliphatic carboxylic acids is 1. The number of hydrogen-bond donors (Lipinski definition) is 2. The molecule has 1 unspecified atom stereocenters. The minimum absolute atomic E-state index is 0.182. The van der Waals surface area contributed by atoms with Gasteiger partial charge in [-0.15, -0.1) is 0 Å². The Morgan fingerprint density at radius 3 is 2.42 bits per heavy atom. The lowest BCUT2D eigenvalue weighted by molar-refractivity contribution is -0.147. The summed E-state index contributed by atoms with van der Waals surface area (Å²) in [5, 5.41) is 12.1. The van der Waals surface area contributed by atoms with Crippen LogP contribution in [0.25, 0.3) is 0 Å². The molecule has 1 amide bonds. The van der Waals surface area contributed by atoms with Crippen LogP contribution < -0.4 is 5.32 Å². The van der Waals surface area contributed by atoms with E-state index in [-0.39, 0.29) is 5.91 Å². The molecule has 1 aliphatic carbocycles. The van der Waals surface area contributed by atoms with Crippen LogP contribution in [0.2, 0.25) is 0 Å². The fourth-order valence-corrected chi connectivity index (χ4v) is 2.31. The fraction of sp³-hybridized carbons (Fsp3) is 0.467. The highest BCUT2D eigenvalue weighted by atomic mass is 16.4. The second-order valence-electron chi connectivity index (χ2n) is 5.35. The predicted molar refractivity (Wildman–Crippen MR) is 71.5 cm³/mol. The highest BCUT2D eigenvalue weighted by Crippen LogP contribution is 2.30. The van der Waals surface area contributed by atoms with Crippen molar-refractivity contribution in [2.75, 3.05) is 0 Å². The van der Waals surface area contributed by atoms with E-state index in [0.29, 0.717) is 17.9 Å². The molecule has 0 aliphatic heterocycles. The molecule has 4 heteroatoms. The number of benzene rings is 1. The van der Waals surface area contributed by atoms with E-state index < -0.39 is 11.5 Å². The number of carboxylic acids is 1. The van der Waals surface area contributed by atoms with Gasteiger partial charge < -0.3 is 10.4 Å². The molecule has 0 heterocycles. The third kappa shape index (κ3) is 2.95. The number of rotatable bonds is 5. The standard InChI is InChI=1S/C15H19NO3/c1-15(14(18)19,12-8-3-2-4-9-12)16-13(17)10-11-6-5-7-11/h2-4,8-9,11H,5-7,10H2,1H3,(H,16,17)(H,18,19). The van der Waals surface area contributed by atoms with Gasteiger partial charge >= 0.3 is 5.97 Å². The Kier molecular flexibility index (Phi) is 3.88. The van der Waals surface area contributed by atoms with Gasteiger partial charge in [0.25, 0.3) is 0 Å². The maximum absolute atomic E-state index is 12.0. The van der Waals surface area contributed by atoms with Gasteiger partial charge in [0.1, 0.15) is 0 Å². The van der Waals surface area contributed by atoms with Crippen molar-refractivity contribution < 1.29 is 14.7 Å². The summed E-state index contributed by atoms with van der Waals surface area (Å²) in [4.78, 5) is 23.5. The van der Waals surface area contributed by atoms with Gasteiger partial charge in [0, 0.05) is 6.42 Å². The summed E-state index contributed by atoms with van der Waals surface area (Å²) in [6.45, 7) is 1.53. The van der Waals surface area contributed by atoms with Crippen LogP contribution in [0.4, 0.5) is 0 Å². The molecule has 2 N–H and O–H groups in total. The molecule has 1 fully saturated rings. The van der Waals surface area contributed by atoms with Crippen molar-refractivity contribution in [3.05, 3.63) is 35.9 Å². The van der Waals surface area contributed by atoms with Crippen molar-refractivity contribution in [1.82, 2.24) is 5.32 Å². The fourth-order valence-electron chi connectivity index (χ4n) is 2.31. The quantitative estimate of drug-likeness (QED) is 0.854. The summed E-state index contributed by atoms with van der Waals surface area (Å²) in [5.41, 5.74) is -0.772. The number of nitrogens with one attached hydrogen (secondary N) is 1. The topological polar surface area (TPSA) is 66.4 Å². The van der Waals surface area contributed by atoms with Crippen LogP contribution in [-0.4, -0.2) is 17.0 Å². The SMILES string of the molecule is CC(NC(=O)CC1CCC1)(C(=O)O)c1ccccc1. The minimum Gasteiger partial charge on any atom is -0.479 e. The lowest BCUT2D eigenvalue weighted by atomic mass is 9.82. The van der Waals surface area contributed by atoms with E-state index in [9.17, 15) is 14.7 Å². The van der Waals surface area contributed by atoms with Crippen molar-refractivity contribution in [1.29, 1.82) is 0 Å². The van der Waals surface area contributed by atoms with E-state index in [1.807, 2.05) is 6.07 Å². The summed E-state index contributed by atoms with van der Waals surface area (Å²) in [6, 6.07) is 8.81. The highest BCUT2D eigenvalue weighted by molar-refractivity contribution is 5.87. The molecular weight excluding hydrogens is 242 g/mol. The second kappa shape index (κ2) is 5.43. The maximum Gasteiger partial charge on any atom is 0.333 e. The number of carboxylic acid groups (broad SMARTS) is 1. The number of hydrogen-bond acceptors (Lipinski definition) is 2. The Labute approximate surface area is 112 Å². The molecule has 4 nitrogen and oxygen atoms in total. The first kappa shape index (κ1) is 13.6. The Morgan fingerprint density at radius 2 is 1.95 bits per heavy atom. The van der Waals surface area contributed by atoms with Gasteiger partial charge in [-0.2, -0.15) is 0 Å². The minimum atomic E-state index is -1.36. The van der Waals surface area contributed by atoms with E-state index in [0.717, 1.165) is 12.8 Å². The molecule has 2 rings (SSSR count). The third-order valence-corrected chi connectivity index (χ3v) is 3.87. The summed E-state index contributed by atoms with van der Waals surface area (Å²) in [5.74, 6) is -0.798. The third-order valence-electron chi connectivity index (χ3n) is 3.87. The van der Waals surface area contributed by atoms with Crippen LogP contribution in [0.15, 0.2) is 30.3 Å². The van der Waals surface area contributed by atoms with Crippen molar-refractivity contribution in [3.63, 3.8) is 0 Å². The molecule has 19 heavy (non-hydrogen) atoms. The zero-order chi connectivity index (χ0) is 13.9. The lowest BCUT2D eigenvalue weighted by Crippen LogP contribution is -2.50. The average molecular weight is 261 g/mol. The van der Waals surface area contributed by atoms with Crippen LogP contribution in [-0.2, 0) is 15.1 Å². The molecule has 0 saturated heterocycles. The van der Waals surface area contributed by atoms with Gasteiger partial charge in [0.05, 0.1) is 0 Å². The van der Waals surface area contributed by atoms with Crippen LogP contribution >= 0.6 is 0 Å². The molecule has 0 aromatic heterocycles. The van der Waals surface area contributed by atoms with E-state index in [1.165, 1.54) is 13.3 Å². The maximum atomic E-state index is 12.0. The Hall–Kier alpha value is -1.84. The van der Waals surface area contributed by atoms with Gasteiger partial charge in [0.2, 0.25) is 5.91 Å². The van der Waals surface area contributed by atoms with Gasteiger partial charge in [0.15, 0.2) is 5.54 Å². The van der Waals surface area contributed by atoms with Crippen molar-refractivity contribution in [3.8, 4) is 0 Å². The zero-order valence-corrected chi connectivity index (χ0v) is 11.1. The van der Waals surface area contributed by atoms with Crippen LogP contribution in [0.5, 0.6) is 0 Å². The number of carbonyl (C=O) groups is 2. The predicted octanol–water partition coefficient (Wildman–Crippen LogP) is 2.29. The molecule has 0 radical (unpaired) electrons. The normalized spacial score (nSPS) is 18.2. The summed E-state index contributed by atoms with van der Waals surface area (Å²) in [7, 11) is 0. The molecule has 1 aromatic rings. The van der Waals surface area contributed by atoms with E-state index in [2.05, 4.69) is 5.32 Å². The highest BCUT2D eigenvalue weighted by Gasteiger charge is 2.37. The average Bonchev–Trinajstić information content (AvgIpc) is 2.34. The van der Waals surface area contributed by atoms with Crippen LogP contribution in [0.1, 0.15) is 38.2 Å². The van der Waals surface area contributed by atoms with Gasteiger partial charge in [-0.25, -0.2) is 4.79 Å². The van der Waals surface area contributed by atoms with Crippen LogP contribution in [0.3, 0.4) is 0 Å².